The molecule has 1 saturated carbocycles. The van der Waals surface area contributed by atoms with Crippen LogP contribution in [0, 0.1) is 17.7 Å². The third-order valence-electron chi connectivity index (χ3n) is 8.28. The minimum absolute atomic E-state index is 0.0815. The van der Waals surface area contributed by atoms with Gasteiger partial charge in [-0.3, -0.25) is 14.7 Å². The molecule has 0 aromatic heterocycles. The quantitative estimate of drug-likeness (QED) is 0.464. The number of nitrogens with zero attached hydrogens (tertiary/aromatic N) is 2. The molecular formula is C30H35BrFN3O2. The maximum Gasteiger partial charge on any atom is 0.224 e. The van der Waals surface area contributed by atoms with Crippen LogP contribution in [0.15, 0.2) is 69.8 Å². The monoisotopic (exact) mass is 567 g/mol. The van der Waals surface area contributed by atoms with Gasteiger partial charge in [0.05, 0.1) is 19.3 Å². The van der Waals surface area contributed by atoms with Gasteiger partial charge in [0.2, 0.25) is 5.91 Å². The Bertz CT molecular complexity index is 1130. The standard InChI is InChI=1S/C30H35BrFN3O2/c1-20-19-33-13-12-26(20)29(22-4-8-24(32)9-5-22)34-30(36)27-11-10-25(35-14-16-37-17-15-35)18-28(27)21-2-6-23(31)7-3-21/h2-9,13,19,25-29H,10-12,14-18H2,1H3,(H,34,36). The molecule has 7 heteroatoms. The fourth-order valence-corrected chi connectivity index (χ4v) is 6.45. The molecule has 5 atom stereocenters. The van der Waals surface area contributed by atoms with E-state index in [1.54, 1.807) is 12.1 Å². The van der Waals surface area contributed by atoms with Gasteiger partial charge in [0, 0.05) is 47.9 Å². The number of hydrogen-bond acceptors (Lipinski definition) is 4. The molecule has 1 aliphatic carbocycles. The highest BCUT2D eigenvalue weighted by atomic mass is 79.9. The summed E-state index contributed by atoms with van der Waals surface area (Å²) in [6.07, 6.45) is 7.31. The minimum Gasteiger partial charge on any atom is -0.379 e. The topological polar surface area (TPSA) is 53.9 Å². The second-order valence-corrected chi connectivity index (χ2v) is 11.4. The highest BCUT2D eigenvalue weighted by Crippen LogP contribution is 2.41. The normalized spacial score (nSPS) is 27.4. The van der Waals surface area contributed by atoms with Crippen LogP contribution in [0.1, 0.15) is 55.7 Å². The third kappa shape index (κ3) is 6.21. The molecule has 37 heavy (non-hydrogen) atoms. The van der Waals surface area contributed by atoms with Crippen LogP contribution in [-0.4, -0.2) is 49.4 Å². The summed E-state index contributed by atoms with van der Waals surface area (Å²) < 4.78 is 20.4. The molecule has 2 aliphatic heterocycles. The molecule has 0 spiro atoms. The van der Waals surface area contributed by atoms with Gasteiger partial charge < -0.3 is 10.1 Å². The van der Waals surface area contributed by atoms with Gasteiger partial charge in [-0.1, -0.05) is 40.2 Å². The number of carbonyl (C=O) groups is 1. The van der Waals surface area contributed by atoms with E-state index in [0.717, 1.165) is 67.6 Å². The van der Waals surface area contributed by atoms with Crippen molar-refractivity contribution < 1.29 is 13.9 Å². The van der Waals surface area contributed by atoms with E-state index in [2.05, 4.69) is 62.3 Å². The van der Waals surface area contributed by atoms with Crippen molar-refractivity contribution in [2.24, 2.45) is 16.8 Å². The lowest BCUT2D eigenvalue weighted by Gasteiger charge is -2.43. The molecule has 2 aromatic carbocycles. The van der Waals surface area contributed by atoms with Gasteiger partial charge in [-0.2, -0.15) is 0 Å². The largest absolute Gasteiger partial charge is 0.379 e. The lowest BCUT2D eigenvalue weighted by Crippen LogP contribution is -2.49. The molecule has 3 aliphatic rings. The van der Waals surface area contributed by atoms with Gasteiger partial charge in [0.15, 0.2) is 0 Å². The highest BCUT2D eigenvalue weighted by Gasteiger charge is 2.39. The third-order valence-corrected chi connectivity index (χ3v) is 8.81. The minimum atomic E-state index is -0.275. The number of rotatable bonds is 6. The first-order valence-corrected chi connectivity index (χ1v) is 14.1. The van der Waals surface area contributed by atoms with E-state index < -0.39 is 0 Å². The number of hydrogen-bond donors (Lipinski definition) is 1. The number of halogens is 2. The summed E-state index contributed by atoms with van der Waals surface area (Å²) >= 11 is 3.56. The Morgan fingerprint density at radius 3 is 2.54 bits per heavy atom. The number of morpholine rings is 1. The molecule has 0 radical (unpaired) electrons. The fourth-order valence-electron chi connectivity index (χ4n) is 6.19. The van der Waals surface area contributed by atoms with Gasteiger partial charge in [0.1, 0.15) is 5.82 Å². The summed E-state index contributed by atoms with van der Waals surface area (Å²) in [5, 5.41) is 3.42. The average Bonchev–Trinajstić information content (AvgIpc) is 2.93. The highest BCUT2D eigenvalue weighted by molar-refractivity contribution is 9.10. The molecule has 2 fully saturated rings. The molecule has 2 aromatic rings. The van der Waals surface area contributed by atoms with Crippen LogP contribution >= 0.6 is 15.9 Å². The molecule has 1 N–H and O–H groups in total. The molecule has 2 heterocycles. The molecule has 0 bridgehead atoms. The molecule has 5 unspecified atom stereocenters. The summed E-state index contributed by atoms with van der Waals surface area (Å²) in [4.78, 5) is 20.9. The van der Waals surface area contributed by atoms with Crippen LogP contribution in [0.2, 0.25) is 0 Å². The lowest BCUT2D eigenvalue weighted by molar-refractivity contribution is -0.128. The van der Waals surface area contributed by atoms with Crippen LogP contribution in [0.5, 0.6) is 0 Å². The lowest BCUT2D eigenvalue weighted by atomic mass is 9.72. The summed E-state index contributed by atoms with van der Waals surface area (Å²) in [5.41, 5.74) is 3.25. The van der Waals surface area contributed by atoms with Gasteiger partial charge in [-0.05, 0) is 79.5 Å². The second-order valence-electron chi connectivity index (χ2n) is 10.5. The van der Waals surface area contributed by atoms with Crippen molar-refractivity contribution in [3.05, 3.63) is 81.7 Å². The van der Waals surface area contributed by atoms with Gasteiger partial charge in [0.25, 0.3) is 0 Å². The molecule has 5 nitrogen and oxygen atoms in total. The van der Waals surface area contributed by atoms with Crippen molar-refractivity contribution in [1.29, 1.82) is 0 Å². The zero-order chi connectivity index (χ0) is 25.8. The van der Waals surface area contributed by atoms with Gasteiger partial charge in [-0.25, -0.2) is 4.39 Å². The molecule has 1 saturated heterocycles. The molecule has 1 amide bonds. The summed E-state index contributed by atoms with van der Waals surface area (Å²) in [5.74, 6) is -0.0974. The maximum absolute atomic E-state index is 14.1. The first-order chi connectivity index (χ1) is 18.0. The number of ether oxygens (including phenoxy) is 1. The van der Waals surface area contributed by atoms with Crippen molar-refractivity contribution in [3.8, 4) is 0 Å². The summed E-state index contributed by atoms with van der Waals surface area (Å²) in [6.45, 7) is 5.52. The number of benzene rings is 2. The van der Waals surface area contributed by atoms with Crippen LogP contribution in [0.4, 0.5) is 4.39 Å². The Labute approximate surface area is 227 Å². The van der Waals surface area contributed by atoms with Crippen molar-refractivity contribution in [2.45, 2.75) is 50.6 Å². The van der Waals surface area contributed by atoms with Gasteiger partial charge in [-0.15, -0.1) is 0 Å². The fraction of sp³-hybridized carbons (Fsp3) is 0.467. The van der Waals surface area contributed by atoms with Gasteiger partial charge >= 0.3 is 0 Å². The van der Waals surface area contributed by atoms with E-state index in [9.17, 15) is 9.18 Å². The zero-order valence-corrected chi connectivity index (χ0v) is 22.9. The number of nitrogens with one attached hydrogen (secondary N) is 1. The van der Waals surface area contributed by atoms with Crippen LogP contribution < -0.4 is 5.32 Å². The van der Waals surface area contributed by atoms with Crippen molar-refractivity contribution in [3.63, 3.8) is 0 Å². The number of aliphatic imine (C=N–C) groups is 1. The van der Waals surface area contributed by atoms with E-state index in [0.29, 0.717) is 6.04 Å². The Kier molecular flexibility index (Phi) is 8.53. The van der Waals surface area contributed by atoms with E-state index >= 15 is 0 Å². The van der Waals surface area contributed by atoms with Crippen LogP contribution in [-0.2, 0) is 9.53 Å². The van der Waals surface area contributed by atoms with Crippen molar-refractivity contribution in [1.82, 2.24) is 10.2 Å². The van der Waals surface area contributed by atoms with Crippen LogP contribution in [0.3, 0.4) is 0 Å². The number of carbonyl (C=O) groups excluding carboxylic acids is 1. The molecule has 196 valence electrons. The predicted octanol–water partition coefficient (Wildman–Crippen LogP) is 6.02. The van der Waals surface area contributed by atoms with E-state index in [-0.39, 0.29) is 35.5 Å². The first-order valence-electron chi connectivity index (χ1n) is 13.3. The van der Waals surface area contributed by atoms with E-state index in [1.165, 1.54) is 17.7 Å². The Morgan fingerprint density at radius 1 is 1.11 bits per heavy atom. The van der Waals surface area contributed by atoms with E-state index in [1.807, 2.05) is 12.4 Å². The smallest absolute Gasteiger partial charge is 0.224 e. The Hall–Kier alpha value is -2.35. The average molecular weight is 569 g/mol. The van der Waals surface area contributed by atoms with Crippen LogP contribution in [0.25, 0.3) is 0 Å². The predicted molar refractivity (Wildman–Crippen MR) is 148 cm³/mol. The summed E-state index contributed by atoms with van der Waals surface area (Å²) in [7, 11) is 0. The Morgan fingerprint density at radius 2 is 1.84 bits per heavy atom. The van der Waals surface area contributed by atoms with Crippen molar-refractivity contribution in [2.75, 3.05) is 26.3 Å². The second kappa shape index (κ2) is 12.0. The van der Waals surface area contributed by atoms with E-state index in [4.69, 9.17) is 4.74 Å². The summed E-state index contributed by atoms with van der Waals surface area (Å²) in [6, 6.07) is 15.2. The molecule has 5 rings (SSSR count). The van der Waals surface area contributed by atoms with Crippen molar-refractivity contribution >= 4 is 28.1 Å². The first kappa shape index (κ1) is 26.3. The Balaban J connectivity index is 1.40. The SMILES string of the molecule is CC1=CN=CCC1C(NC(=O)C1CCC(N2CCOCC2)CC1c1ccc(Br)cc1)c1ccc(F)cc1. The zero-order valence-electron chi connectivity index (χ0n) is 21.3. The molecular weight excluding hydrogens is 533 g/mol. The maximum atomic E-state index is 14.1. The number of amides is 1.